The minimum Gasteiger partial charge on any atom is -0.493 e. The van der Waals surface area contributed by atoms with Gasteiger partial charge in [0.1, 0.15) is 5.54 Å². The van der Waals surface area contributed by atoms with Crippen molar-refractivity contribution in [3.05, 3.63) is 23.8 Å². The lowest BCUT2D eigenvalue weighted by molar-refractivity contribution is -0.144. The number of amides is 1. The maximum atomic E-state index is 12.4. The van der Waals surface area contributed by atoms with Crippen molar-refractivity contribution in [3.63, 3.8) is 0 Å². The third-order valence-electron chi connectivity index (χ3n) is 3.87. The van der Waals surface area contributed by atoms with E-state index in [9.17, 15) is 14.7 Å². The number of carbonyl (C=O) groups excluding carboxylic acids is 1. The number of para-hydroxylation sites is 1. The Labute approximate surface area is 123 Å². The molecule has 6 heteroatoms. The van der Waals surface area contributed by atoms with Gasteiger partial charge in [0.15, 0.2) is 11.5 Å². The van der Waals surface area contributed by atoms with E-state index in [2.05, 4.69) is 5.32 Å². The molecule has 0 unspecified atom stereocenters. The molecule has 1 aromatic rings. The van der Waals surface area contributed by atoms with Gasteiger partial charge in [-0.15, -0.1) is 0 Å². The molecule has 1 aliphatic carbocycles. The Bertz CT molecular complexity index is 549. The molecule has 0 bridgehead atoms. The van der Waals surface area contributed by atoms with Gasteiger partial charge < -0.3 is 19.9 Å². The molecule has 2 N–H and O–H groups in total. The molecule has 0 atom stereocenters. The molecular weight excluding hydrogens is 274 g/mol. The van der Waals surface area contributed by atoms with E-state index < -0.39 is 17.4 Å². The normalized spacial score (nSPS) is 16.3. The van der Waals surface area contributed by atoms with Crippen LogP contribution < -0.4 is 14.8 Å². The van der Waals surface area contributed by atoms with E-state index >= 15 is 0 Å². The van der Waals surface area contributed by atoms with Gasteiger partial charge in [-0.05, 0) is 25.0 Å². The minimum atomic E-state index is -1.18. The number of rotatable bonds is 5. The van der Waals surface area contributed by atoms with Crippen LogP contribution in [0, 0.1) is 0 Å². The molecule has 1 amide bonds. The molecule has 2 rings (SSSR count). The van der Waals surface area contributed by atoms with Gasteiger partial charge in [0.05, 0.1) is 19.8 Å². The van der Waals surface area contributed by atoms with E-state index in [4.69, 9.17) is 9.47 Å². The summed E-state index contributed by atoms with van der Waals surface area (Å²) in [5.74, 6) is -0.720. The van der Waals surface area contributed by atoms with Crippen molar-refractivity contribution in [3.8, 4) is 11.5 Å². The zero-order valence-corrected chi connectivity index (χ0v) is 12.1. The zero-order valence-electron chi connectivity index (χ0n) is 12.1. The summed E-state index contributed by atoms with van der Waals surface area (Å²) in [4.78, 5) is 23.9. The van der Waals surface area contributed by atoms with Gasteiger partial charge in [-0.1, -0.05) is 18.9 Å². The van der Waals surface area contributed by atoms with Crippen LogP contribution in [0.25, 0.3) is 0 Å². The first-order valence-corrected chi connectivity index (χ1v) is 6.81. The Morgan fingerprint density at radius 3 is 2.38 bits per heavy atom. The van der Waals surface area contributed by atoms with Crippen molar-refractivity contribution >= 4 is 11.9 Å². The lowest BCUT2D eigenvalue weighted by atomic mass is 9.97. The first kappa shape index (κ1) is 15.2. The Morgan fingerprint density at radius 2 is 1.86 bits per heavy atom. The highest BCUT2D eigenvalue weighted by Gasteiger charge is 2.43. The predicted molar refractivity (Wildman–Crippen MR) is 75.8 cm³/mol. The molecule has 1 aromatic carbocycles. The smallest absolute Gasteiger partial charge is 0.329 e. The van der Waals surface area contributed by atoms with Crippen molar-refractivity contribution in [2.45, 2.75) is 31.2 Å². The second kappa shape index (κ2) is 6.03. The number of carboxylic acids is 1. The van der Waals surface area contributed by atoms with E-state index in [1.807, 2.05) is 0 Å². The highest BCUT2D eigenvalue weighted by molar-refractivity contribution is 6.00. The number of hydrogen-bond donors (Lipinski definition) is 2. The number of carboxylic acid groups (broad SMARTS) is 1. The fourth-order valence-electron chi connectivity index (χ4n) is 2.72. The number of nitrogens with one attached hydrogen (secondary N) is 1. The van der Waals surface area contributed by atoms with Gasteiger partial charge in [0, 0.05) is 0 Å². The van der Waals surface area contributed by atoms with Crippen LogP contribution >= 0.6 is 0 Å². The summed E-state index contributed by atoms with van der Waals surface area (Å²) in [6, 6.07) is 4.93. The van der Waals surface area contributed by atoms with Gasteiger partial charge in [-0.3, -0.25) is 4.79 Å². The summed E-state index contributed by atoms with van der Waals surface area (Å²) in [5.41, 5.74) is -0.907. The molecule has 1 fully saturated rings. The van der Waals surface area contributed by atoms with Crippen LogP contribution in [0.2, 0.25) is 0 Å². The zero-order chi connectivity index (χ0) is 15.5. The number of aliphatic carboxylic acids is 1. The Balaban J connectivity index is 2.30. The third kappa shape index (κ3) is 2.79. The van der Waals surface area contributed by atoms with Crippen LogP contribution in [-0.4, -0.2) is 36.7 Å². The molecule has 1 aliphatic rings. The average Bonchev–Trinajstić information content (AvgIpc) is 2.96. The molecule has 6 nitrogen and oxygen atoms in total. The summed E-state index contributed by atoms with van der Waals surface area (Å²) in [5, 5.41) is 12.1. The highest BCUT2D eigenvalue weighted by atomic mass is 16.5. The fourth-order valence-corrected chi connectivity index (χ4v) is 2.72. The lowest BCUT2D eigenvalue weighted by Gasteiger charge is -2.25. The van der Waals surface area contributed by atoms with Crippen molar-refractivity contribution < 1.29 is 24.2 Å². The molecular formula is C15H19NO5. The molecule has 0 saturated heterocycles. The van der Waals surface area contributed by atoms with Crippen LogP contribution in [0.15, 0.2) is 18.2 Å². The number of carbonyl (C=O) groups is 2. The summed E-state index contributed by atoms with van der Waals surface area (Å²) in [6.07, 6.45) is 2.48. The molecule has 0 aliphatic heterocycles. The van der Waals surface area contributed by atoms with Gasteiger partial charge >= 0.3 is 5.97 Å². The Morgan fingerprint density at radius 1 is 1.19 bits per heavy atom. The molecule has 0 spiro atoms. The quantitative estimate of drug-likeness (QED) is 0.865. The summed E-state index contributed by atoms with van der Waals surface area (Å²) < 4.78 is 10.4. The minimum absolute atomic E-state index is 0.268. The predicted octanol–water partition coefficient (Wildman–Crippen LogP) is 1.83. The second-order valence-electron chi connectivity index (χ2n) is 5.09. The summed E-state index contributed by atoms with van der Waals surface area (Å²) in [6.45, 7) is 0. The number of benzene rings is 1. The summed E-state index contributed by atoms with van der Waals surface area (Å²) in [7, 11) is 2.92. The van der Waals surface area contributed by atoms with Crippen molar-refractivity contribution in [2.24, 2.45) is 0 Å². The van der Waals surface area contributed by atoms with Gasteiger partial charge in [-0.2, -0.15) is 0 Å². The van der Waals surface area contributed by atoms with Gasteiger partial charge in [0.25, 0.3) is 5.91 Å². The largest absolute Gasteiger partial charge is 0.493 e. The second-order valence-corrected chi connectivity index (χ2v) is 5.09. The topological polar surface area (TPSA) is 84.9 Å². The third-order valence-corrected chi connectivity index (χ3v) is 3.87. The van der Waals surface area contributed by atoms with Gasteiger partial charge in [0.2, 0.25) is 0 Å². The van der Waals surface area contributed by atoms with Crippen LogP contribution in [0.4, 0.5) is 0 Å². The van der Waals surface area contributed by atoms with Crippen LogP contribution in [0.3, 0.4) is 0 Å². The van der Waals surface area contributed by atoms with E-state index in [1.54, 1.807) is 18.2 Å². The van der Waals surface area contributed by atoms with Crippen molar-refractivity contribution in [1.29, 1.82) is 0 Å². The van der Waals surface area contributed by atoms with Crippen LogP contribution in [-0.2, 0) is 4.79 Å². The van der Waals surface area contributed by atoms with E-state index in [0.29, 0.717) is 24.3 Å². The maximum Gasteiger partial charge on any atom is 0.329 e. The van der Waals surface area contributed by atoms with Crippen molar-refractivity contribution in [1.82, 2.24) is 5.32 Å². The van der Waals surface area contributed by atoms with Crippen molar-refractivity contribution in [2.75, 3.05) is 14.2 Å². The lowest BCUT2D eigenvalue weighted by Crippen LogP contribution is -2.52. The molecule has 0 radical (unpaired) electrons. The molecule has 1 saturated carbocycles. The highest BCUT2D eigenvalue weighted by Crippen LogP contribution is 2.33. The van der Waals surface area contributed by atoms with E-state index in [-0.39, 0.29) is 5.56 Å². The Hall–Kier alpha value is -2.24. The van der Waals surface area contributed by atoms with Crippen LogP contribution in [0.1, 0.15) is 36.0 Å². The fraction of sp³-hybridized carbons (Fsp3) is 0.467. The maximum absolute atomic E-state index is 12.4. The number of hydrogen-bond acceptors (Lipinski definition) is 4. The van der Waals surface area contributed by atoms with E-state index in [1.165, 1.54) is 14.2 Å². The number of methoxy groups -OCH3 is 2. The van der Waals surface area contributed by atoms with E-state index in [0.717, 1.165) is 12.8 Å². The first-order valence-electron chi connectivity index (χ1n) is 6.81. The molecule has 0 aromatic heterocycles. The monoisotopic (exact) mass is 293 g/mol. The van der Waals surface area contributed by atoms with Crippen LogP contribution in [0.5, 0.6) is 11.5 Å². The summed E-state index contributed by atoms with van der Waals surface area (Å²) >= 11 is 0. The number of ether oxygens (including phenoxy) is 2. The standard InChI is InChI=1S/C15H19NO5/c1-20-11-7-5-6-10(12(11)21-2)13(17)16-15(14(18)19)8-3-4-9-15/h5-7H,3-4,8-9H2,1-2H3,(H,16,17)(H,18,19). The first-order chi connectivity index (χ1) is 10.0. The average molecular weight is 293 g/mol. The Kier molecular flexibility index (Phi) is 4.35. The molecule has 114 valence electrons. The molecule has 21 heavy (non-hydrogen) atoms. The molecule has 0 heterocycles. The SMILES string of the molecule is COc1cccc(C(=O)NC2(C(=O)O)CCCC2)c1OC. The van der Waals surface area contributed by atoms with Gasteiger partial charge in [-0.25, -0.2) is 4.79 Å².